The molecule has 0 saturated heterocycles. The van der Waals surface area contributed by atoms with Gasteiger partial charge in [0.05, 0.1) is 39.9 Å². The number of aliphatic imine (C=N–C) groups is 6. The first-order valence-electron chi connectivity index (χ1n) is 43.1. The zero-order valence-electron chi connectivity index (χ0n) is 76.4. The minimum Gasteiger partial charge on any atom is -0.511 e. The summed E-state index contributed by atoms with van der Waals surface area (Å²) in [7, 11) is 0. The number of nitrogens with two attached hydrogens (primary N) is 2. The summed E-state index contributed by atoms with van der Waals surface area (Å²) >= 11 is 0. The van der Waals surface area contributed by atoms with Crippen molar-refractivity contribution in [1.82, 2.24) is 20.4 Å². The fourth-order valence-corrected chi connectivity index (χ4v) is 15.6. The van der Waals surface area contributed by atoms with Crippen molar-refractivity contribution in [2.75, 3.05) is 105 Å². The summed E-state index contributed by atoms with van der Waals surface area (Å²) in [6, 6.07) is 0. The summed E-state index contributed by atoms with van der Waals surface area (Å²) in [6.45, 7) is 42.7. The third-order valence-electron chi connectivity index (χ3n) is 21.4. The quantitative estimate of drug-likeness (QED) is 0.0154. The molecule has 122 heavy (non-hydrogen) atoms. The van der Waals surface area contributed by atoms with E-state index in [-0.39, 0.29) is 143 Å². The lowest BCUT2D eigenvalue weighted by Crippen LogP contribution is -2.34. The molecule has 30 heteroatoms. The van der Waals surface area contributed by atoms with E-state index in [0.29, 0.717) is 214 Å². The lowest BCUT2D eigenvalue weighted by Gasteiger charge is -2.29. The van der Waals surface area contributed by atoms with E-state index in [1.54, 1.807) is 46.4 Å². The van der Waals surface area contributed by atoms with Gasteiger partial charge in [-0.15, -0.1) is 0 Å². The number of rotatable bonds is 41. The molecule has 0 unspecified atom stereocenters. The predicted octanol–water partition coefficient (Wildman–Crippen LogP) is 13.3. The third kappa shape index (κ3) is 38.2. The van der Waals surface area contributed by atoms with Crippen LogP contribution in [0.1, 0.15) is 266 Å². The second-order valence-corrected chi connectivity index (χ2v) is 37.6. The van der Waals surface area contributed by atoms with Gasteiger partial charge in [-0.05, 0) is 165 Å². The van der Waals surface area contributed by atoms with E-state index in [1.807, 2.05) is 83.1 Å². The van der Waals surface area contributed by atoms with Crippen molar-refractivity contribution in [1.29, 1.82) is 0 Å². The Hall–Kier alpha value is -9.26. The van der Waals surface area contributed by atoms with Crippen molar-refractivity contribution in [3.8, 4) is 0 Å². The van der Waals surface area contributed by atoms with Crippen LogP contribution in [0.2, 0.25) is 0 Å². The van der Waals surface area contributed by atoms with Crippen LogP contribution in [-0.4, -0.2) is 248 Å². The van der Waals surface area contributed by atoms with Gasteiger partial charge >= 0.3 is 11.9 Å². The number of carboxylic acid groups (broad SMARTS) is 2. The van der Waals surface area contributed by atoms with Crippen LogP contribution in [0, 0.1) is 32.5 Å². The Labute approximate surface area is 723 Å². The summed E-state index contributed by atoms with van der Waals surface area (Å²) in [6.07, 6.45) is 12.0. The molecule has 14 N–H and O–H groups in total. The molecule has 0 aromatic heterocycles. The monoisotopic (exact) mass is 1710 g/mol. The van der Waals surface area contributed by atoms with Gasteiger partial charge < -0.3 is 72.8 Å². The number of aliphatic carboxylic acids is 2. The van der Waals surface area contributed by atoms with Crippen LogP contribution in [0.15, 0.2) is 110 Å². The molecule has 0 aromatic carbocycles. The van der Waals surface area contributed by atoms with Crippen molar-refractivity contribution in [2.45, 2.75) is 266 Å². The van der Waals surface area contributed by atoms with E-state index in [1.165, 1.54) is 4.90 Å². The Morgan fingerprint density at radius 1 is 0.328 bits per heavy atom. The number of aliphatic hydroxyl groups excluding tert-OH is 6. The van der Waals surface area contributed by atoms with Crippen LogP contribution >= 0.6 is 0 Å². The van der Waals surface area contributed by atoms with E-state index < -0.39 is 17.8 Å². The maximum atomic E-state index is 12.7. The van der Waals surface area contributed by atoms with E-state index in [2.05, 4.69) is 40.6 Å². The lowest BCUT2D eigenvalue weighted by atomic mass is 9.76. The Morgan fingerprint density at radius 2 is 0.541 bits per heavy atom. The molecule has 0 bridgehead atoms. The Kier molecular flexibility index (Phi) is 44.3. The minimum absolute atomic E-state index is 0.0262. The van der Waals surface area contributed by atoms with Crippen molar-refractivity contribution in [2.24, 2.45) is 73.9 Å². The molecule has 0 atom stereocenters. The molecule has 0 radical (unpaired) electrons. The predicted molar refractivity (Wildman–Crippen MR) is 482 cm³/mol. The number of carboxylic acids is 2. The van der Waals surface area contributed by atoms with Gasteiger partial charge in [0.15, 0.2) is 34.7 Å². The number of hydrogen-bond acceptors (Lipinski definition) is 26. The third-order valence-corrected chi connectivity index (χ3v) is 21.4. The highest BCUT2D eigenvalue weighted by molar-refractivity contribution is 6.26. The maximum Gasteiger partial charge on any atom is 0.328 e. The SMILES string of the molecule is CC(=NCCCN(CCCN=C(C)C1=C(O)CC(C)(C)CC1=O)C(=O)/C=C\C(=O)O)C1=C(O)CC(C)(C)CC1=O.CC(=NCCCN(CCCN=C(C)C1=C(O)CC(C)(C)CC1=O)C(=O)CCC(=O)O)C1=C(O)CC(C)(C)CC1=O.CC(=NCCCNCCCN=C(C)C1=C(O)CC(C)(C)CC1=O)C1=C(O)CC(C)(C)CC1=O.NCCCNCCCN. The van der Waals surface area contributed by atoms with Crippen LogP contribution in [0.3, 0.4) is 0 Å². The molecule has 0 aromatic rings. The highest BCUT2D eigenvalue weighted by Gasteiger charge is 2.40. The second kappa shape index (κ2) is 50.5. The van der Waals surface area contributed by atoms with Crippen LogP contribution in [-0.2, 0) is 47.9 Å². The molecule has 0 aliphatic heterocycles. The molecule has 6 aliphatic carbocycles. The molecule has 2 amide bonds. The molecular weight excluding hydrogens is 1560 g/mol. The van der Waals surface area contributed by atoms with Crippen LogP contribution < -0.4 is 22.1 Å². The molecule has 6 rings (SSSR count). The molecule has 0 fully saturated rings. The average Bonchev–Trinajstić information content (AvgIpc) is 0.838. The number of carbonyl (C=O) groups excluding carboxylic acids is 8. The van der Waals surface area contributed by atoms with E-state index >= 15 is 0 Å². The van der Waals surface area contributed by atoms with Gasteiger partial charge in [0.2, 0.25) is 11.8 Å². The summed E-state index contributed by atoms with van der Waals surface area (Å²) < 4.78 is 0. The van der Waals surface area contributed by atoms with Gasteiger partial charge in [-0.2, -0.15) is 0 Å². The molecule has 0 heterocycles. The highest BCUT2D eigenvalue weighted by atomic mass is 16.4. The molecule has 0 saturated carbocycles. The number of allylic oxidation sites excluding steroid dienone is 12. The Balaban J connectivity index is 0.000000450. The van der Waals surface area contributed by atoms with Crippen molar-refractivity contribution < 1.29 is 88.8 Å². The number of nitrogens with zero attached hydrogens (tertiary/aromatic N) is 8. The Morgan fingerprint density at radius 3 is 0.746 bits per heavy atom. The second-order valence-electron chi connectivity index (χ2n) is 37.6. The lowest BCUT2D eigenvalue weighted by molar-refractivity contribution is -0.141. The van der Waals surface area contributed by atoms with Gasteiger partial charge in [-0.3, -0.25) is 73.1 Å². The van der Waals surface area contributed by atoms with Gasteiger partial charge in [0.25, 0.3) is 0 Å². The van der Waals surface area contributed by atoms with Crippen LogP contribution in [0.5, 0.6) is 0 Å². The van der Waals surface area contributed by atoms with Crippen LogP contribution in [0.4, 0.5) is 0 Å². The zero-order valence-corrected chi connectivity index (χ0v) is 76.4. The average molecular weight is 1710 g/mol. The smallest absolute Gasteiger partial charge is 0.328 e. The minimum atomic E-state index is -1.23. The molecule has 6 aliphatic rings. The standard InChI is InChI=1S/C30H45N3O7.C30H43N3O7.C26H41N3O4.C6H17N3/c2*1-19(27-21(34)15-29(3,4)16-22(27)35)31-11-7-13-33(25(38)9-10-26(39)40)14-8-12-32-20(2)28-23(36)17-30(5,6)18-24(28)37;1-17(23-19(30)13-25(3,4)14-20(23)31)28-11-7-9-27-10-8-12-29-18(2)24-21(32)15-26(5,6)16-22(24)33;7-3-1-5-9-6-2-4-8/h34,36H,7-18H2,1-6H3,(H,39,40);9-10,34,36H,7-8,11-18H2,1-6H3,(H,39,40);27,30,32H,7-16H2,1-6H3;9H,1-8H2/b;10-9-,31-19?,32-20?;;. The first kappa shape index (κ1) is 107. The van der Waals surface area contributed by atoms with Crippen molar-refractivity contribution >= 4 is 92.7 Å². The van der Waals surface area contributed by atoms with E-state index in [0.717, 1.165) is 77.1 Å². The van der Waals surface area contributed by atoms with Gasteiger partial charge in [-0.1, -0.05) is 83.1 Å². The fraction of sp³-hybridized carbons (Fsp3) is 0.674. The van der Waals surface area contributed by atoms with Gasteiger partial charge in [-0.25, -0.2) is 4.79 Å². The largest absolute Gasteiger partial charge is 0.511 e. The first-order chi connectivity index (χ1) is 56.8. The summed E-state index contributed by atoms with van der Waals surface area (Å²) in [5, 5.41) is 86.5. The number of ketones is 6. The molecule has 30 nitrogen and oxygen atoms in total. The normalized spacial score (nSPS) is 19.6. The number of amides is 2. The summed E-state index contributed by atoms with van der Waals surface area (Å²) in [4.78, 5) is 152. The van der Waals surface area contributed by atoms with Crippen molar-refractivity contribution in [3.63, 3.8) is 0 Å². The van der Waals surface area contributed by atoms with Crippen LogP contribution in [0.25, 0.3) is 0 Å². The number of hydrogen-bond donors (Lipinski definition) is 12. The highest BCUT2D eigenvalue weighted by Crippen LogP contribution is 2.41. The molecule has 682 valence electrons. The van der Waals surface area contributed by atoms with Crippen molar-refractivity contribution in [3.05, 3.63) is 80.1 Å². The molecular formula is C92H146N12O18. The molecule has 0 spiro atoms. The van der Waals surface area contributed by atoms with E-state index in [9.17, 15) is 78.6 Å². The zero-order chi connectivity index (χ0) is 92.3. The topological polar surface area (TPSA) is 489 Å². The van der Waals surface area contributed by atoms with Gasteiger partial charge in [0.1, 0.15) is 34.6 Å². The number of aliphatic hydroxyl groups is 6. The fourth-order valence-electron chi connectivity index (χ4n) is 15.6. The van der Waals surface area contributed by atoms with E-state index in [4.69, 9.17) is 21.7 Å². The number of Topliss-reactive ketones (excluding diaryl/α,β-unsaturated/α-hetero) is 6. The maximum absolute atomic E-state index is 12.7. The number of nitrogens with one attached hydrogen (secondary N) is 2. The summed E-state index contributed by atoms with van der Waals surface area (Å²) in [5.74, 6) is -3.03. The van der Waals surface area contributed by atoms with Gasteiger partial charge in [0, 0.05) is 195 Å². The first-order valence-corrected chi connectivity index (χ1v) is 43.1. The number of carbonyl (C=O) groups is 10. The summed E-state index contributed by atoms with van der Waals surface area (Å²) in [5.41, 5.74) is 14.0. The Bertz CT molecular complexity index is 3940.